The summed E-state index contributed by atoms with van der Waals surface area (Å²) in [6.45, 7) is 2.01. The van der Waals surface area contributed by atoms with E-state index in [4.69, 9.17) is 5.11 Å². The van der Waals surface area contributed by atoms with Crippen LogP contribution in [0.25, 0.3) is 0 Å². The summed E-state index contributed by atoms with van der Waals surface area (Å²) >= 11 is 1.51. The van der Waals surface area contributed by atoms with Crippen molar-refractivity contribution in [2.75, 3.05) is 13.7 Å². The van der Waals surface area contributed by atoms with E-state index < -0.39 is 0 Å². The second-order valence-corrected chi connectivity index (χ2v) is 5.57. The molecular weight excluding hydrogens is 234 g/mol. The number of nitrogens with one attached hydrogen (secondary N) is 1. The van der Waals surface area contributed by atoms with Gasteiger partial charge in [-0.05, 0) is 12.0 Å². The fourth-order valence-corrected chi connectivity index (χ4v) is 2.69. The van der Waals surface area contributed by atoms with Gasteiger partial charge in [0, 0.05) is 12.3 Å². The molecular formula is C13H19NO2S. The van der Waals surface area contributed by atoms with E-state index in [1.54, 1.807) is 7.05 Å². The first-order valence-corrected chi connectivity index (χ1v) is 6.63. The fourth-order valence-electron chi connectivity index (χ4n) is 1.52. The Kier molecular flexibility index (Phi) is 6.08. The van der Waals surface area contributed by atoms with Gasteiger partial charge >= 0.3 is 0 Å². The summed E-state index contributed by atoms with van der Waals surface area (Å²) < 4.78 is 0. The molecule has 0 aliphatic heterocycles. The summed E-state index contributed by atoms with van der Waals surface area (Å²) in [4.78, 5) is 11.8. The normalized spacial score (nSPS) is 14.1. The number of aliphatic hydroxyl groups is 1. The lowest BCUT2D eigenvalue weighted by Gasteiger charge is -2.18. The molecule has 0 spiro atoms. The monoisotopic (exact) mass is 253 g/mol. The van der Waals surface area contributed by atoms with Gasteiger partial charge in [0.05, 0.1) is 11.9 Å². The van der Waals surface area contributed by atoms with E-state index in [0.717, 1.165) is 5.56 Å². The topological polar surface area (TPSA) is 49.3 Å². The van der Waals surface area contributed by atoms with Crippen molar-refractivity contribution in [3.8, 4) is 0 Å². The maximum atomic E-state index is 11.8. The quantitative estimate of drug-likeness (QED) is 0.807. The molecule has 0 saturated carbocycles. The van der Waals surface area contributed by atoms with Gasteiger partial charge in [0.1, 0.15) is 0 Å². The molecule has 0 saturated heterocycles. The molecule has 2 atom stereocenters. The number of carbonyl (C=O) groups excluding carboxylic acids is 1. The Bertz CT molecular complexity index is 343. The molecule has 17 heavy (non-hydrogen) atoms. The van der Waals surface area contributed by atoms with E-state index in [9.17, 15) is 4.79 Å². The van der Waals surface area contributed by atoms with Crippen molar-refractivity contribution in [2.24, 2.45) is 0 Å². The smallest absolute Gasteiger partial charge is 0.233 e. The van der Waals surface area contributed by atoms with Crippen LogP contribution < -0.4 is 5.32 Å². The van der Waals surface area contributed by atoms with Crippen molar-refractivity contribution in [2.45, 2.75) is 23.8 Å². The number of amides is 1. The third kappa shape index (κ3) is 4.79. The second kappa shape index (κ2) is 7.35. The molecule has 4 heteroatoms. The third-order valence-corrected chi connectivity index (χ3v) is 3.78. The van der Waals surface area contributed by atoms with E-state index in [1.165, 1.54) is 11.8 Å². The number of benzene rings is 1. The number of hydrogen-bond acceptors (Lipinski definition) is 3. The zero-order valence-corrected chi connectivity index (χ0v) is 11.0. The van der Waals surface area contributed by atoms with Gasteiger partial charge in [0.15, 0.2) is 0 Å². The van der Waals surface area contributed by atoms with Gasteiger partial charge in [-0.2, -0.15) is 0 Å². The van der Waals surface area contributed by atoms with Crippen LogP contribution in [0.5, 0.6) is 0 Å². The van der Waals surface area contributed by atoms with Gasteiger partial charge in [0.2, 0.25) is 5.91 Å². The van der Waals surface area contributed by atoms with Crippen molar-refractivity contribution in [1.82, 2.24) is 5.32 Å². The van der Waals surface area contributed by atoms with Crippen LogP contribution in [0.3, 0.4) is 0 Å². The lowest BCUT2D eigenvalue weighted by Crippen LogP contribution is -2.32. The predicted octanol–water partition coefficient (Wildman–Crippen LogP) is 1.46. The molecule has 0 aliphatic carbocycles. The van der Waals surface area contributed by atoms with E-state index in [1.807, 2.05) is 37.3 Å². The summed E-state index contributed by atoms with van der Waals surface area (Å²) in [5, 5.41) is 11.6. The van der Waals surface area contributed by atoms with Crippen LogP contribution in [0.15, 0.2) is 30.3 Å². The average molecular weight is 253 g/mol. The van der Waals surface area contributed by atoms with Crippen molar-refractivity contribution in [1.29, 1.82) is 0 Å². The largest absolute Gasteiger partial charge is 0.395 e. The molecule has 1 aromatic rings. The second-order valence-electron chi connectivity index (χ2n) is 3.92. The van der Waals surface area contributed by atoms with Crippen LogP contribution in [0, 0.1) is 0 Å². The van der Waals surface area contributed by atoms with Gasteiger partial charge in [0.25, 0.3) is 0 Å². The summed E-state index contributed by atoms with van der Waals surface area (Å²) in [5.74, 6) is 0.0131. The van der Waals surface area contributed by atoms with Crippen LogP contribution in [0.2, 0.25) is 0 Å². The van der Waals surface area contributed by atoms with Gasteiger partial charge < -0.3 is 10.4 Å². The number of rotatable bonds is 6. The standard InChI is InChI=1S/C13H19NO2S/c1-10(9-15)17-12(13(16)14-2)8-11-6-4-3-5-7-11/h3-7,10,12,15H,8-9H2,1-2H3,(H,14,16)/t10-,12-/m0/s1. The summed E-state index contributed by atoms with van der Waals surface area (Å²) in [6, 6.07) is 9.93. The van der Waals surface area contributed by atoms with Gasteiger partial charge in [-0.1, -0.05) is 37.3 Å². The molecule has 0 radical (unpaired) electrons. The molecule has 1 rings (SSSR count). The maximum absolute atomic E-state index is 11.8. The molecule has 94 valence electrons. The Hall–Kier alpha value is -1.00. The first-order valence-electron chi connectivity index (χ1n) is 5.69. The van der Waals surface area contributed by atoms with E-state index >= 15 is 0 Å². The molecule has 1 aromatic carbocycles. The van der Waals surface area contributed by atoms with Crippen molar-refractivity contribution < 1.29 is 9.90 Å². The van der Waals surface area contributed by atoms with Gasteiger partial charge in [-0.25, -0.2) is 0 Å². The van der Waals surface area contributed by atoms with Crippen LogP contribution >= 0.6 is 11.8 Å². The highest BCUT2D eigenvalue weighted by atomic mass is 32.2. The Morgan fingerprint density at radius 2 is 2.06 bits per heavy atom. The molecule has 0 unspecified atom stereocenters. The van der Waals surface area contributed by atoms with Crippen molar-refractivity contribution in [3.63, 3.8) is 0 Å². The molecule has 2 N–H and O–H groups in total. The molecule has 0 bridgehead atoms. The fraction of sp³-hybridized carbons (Fsp3) is 0.462. The molecule has 0 heterocycles. The highest BCUT2D eigenvalue weighted by Gasteiger charge is 2.20. The number of hydrogen-bond donors (Lipinski definition) is 2. The molecule has 1 amide bonds. The first-order chi connectivity index (χ1) is 8.17. The predicted molar refractivity (Wildman–Crippen MR) is 72.1 cm³/mol. The minimum atomic E-state index is -0.149. The van der Waals surface area contributed by atoms with E-state index in [2.05, 4.69) is 5.32 Å². The Morgan fingerprint density at radius 3 is 2.59 bits per heavy atom. The average Bonchev–Trinajstić information content (AvgIpc) is 2.38. The van der Waals surface area contributed by atoms with Crippen LogP contribution in [-0.2, 0) is 11.2 Å². The highest BCUT2D eigenvalue weighted by molar-refractivity contribution is 8.01. The lowest BCUT2D eigenvalue weighted by molar-refractivity contribution is -0.120. The molecule has 0 fully saturated rings. The molecule has 3 nitrogen and oxygen atoms in total. The zero-order valence-electron chi connectivity index (χ0n) is 10.2. The van der Waals surface area contributed by atoms with Gasteiger partial charge in [-0.3, -0.25) is 4.79 Å². The van der Waals surface area contributed by atoms with Crippen molar-refractivity contribution in [3.05, 3.63) is 35.9 Å². The Labute approximate surface area is 107 Å². The summed E-state index contributed by atoms with van der Waals surface area (Å²) in [6.07, 6.45) is 0.690. The minimum Gasteiger partial charge on any atom is -0.395 e. The number of aliphatic hydroxyl groups excluding tert-OH is 1. The lowest BCUT2D eigenvalue weighted by atomic mass is 10.1. The Morgan fingerprint density at radius 1 is 1.41 bits per heavy atom. The van der Waals surface area contributed by atoms with Crippen LogP contribution in [0.4, 0.5) is 0 Å². The number of thioether (sulfide) groups is 1. The number of carbonyl (C=O) groups is 1. The highest BCUT2D eigenvalue weighted by Crippen LogP contribution is 2.21. The maximum Gasteiger partial charge on any atom is 0.233 e. The van der Waals surface area contributed by atoms with Gasteiger partial charge in [-0.15, -0.1) is 11.8 Å². The minimum absolute atomic E-state index is 0.0131. The molecule has 0 aromatic heterocycles. The summed E-state index contributed by atoms with van der Waals surface area (Å²) in [7, 11) is 1.64. The zero-order chi connectivity index (χ0) is 12.7. The summed E-state index contributed by atoms with van der Waals surface area (Å²) in [5.41, 5.74) is 1.14. The molecule has 0 aliphatic rings. The van der Waals surface area contributed by atoms with Crippen molar-refractivity contribution >= 4 is 17.7 Å². The van der Waals surface area contributed by atoms with E-state index in [0.29, 0.717) is 6.42 Å². The SMILES string of the molecule is CNC(=O)[C@H](Cc1ccccc1)S[C@@H](C)CO. The van der Waals surface area contributed by atoms with Crippen LogP contribution in [-0.4, -0.2) is 35.2 Å². The van der Waals surface area contributed by atoms with E-state index in [-0.39, 0.29) is 23.0 Å². The third-order valence-electron chi connectivity index (χ3n) is 2.46. The first kappa shape index (κ1) is 14.1. The van der Waals surface area contributed by atoms with Crippen LogP contribution in [0.1, 0.15) is 12.5 Å². The Balaban J connectivity index is 2.67.